The van der Waals surface area contributed by atoms with Gasteiger partial charge in [0.1, 0.15) is 6.54 Å². The van der Waals surface area contributed by atoms with Gasteiger partial charge in [-0.25, -0.2) is 4.98 Å². The number of ether oxygens (including phenoxy) is 1. The van der Waals surface area contributed by atoms with Crippen LogP contribution in [0.5, 0.6) is 0 Å². The highest BCUT2D eigenvalue weighted by atomic mass is 32.1. The maximum atomic E-state index is 12.3. The molecule has 0 saturated heterocycles. The van der Waals surface area contributed by atoms with Gasteiger partial charge >= 0.3 is 5.97 Å². The minimum absolute atomic E-state index is 0.251. The molecule has 0 saturated carbocycles. The molecule has 0 aliphatic heterocycles. The number of fused-ring (bicyclic) bond motifs is 1. The van der Waals surface area contributed by atoms with Crippen LogP contribution in [0.25, 0.3) is 10.9 Å². The van der Waals surface area contributed by atoms with Crippen molar-refractivity contribution in [3.63, 3.8) is 0 Å². The molecule has 0 aliphatic rings. The summed E-state index contributed by atoms with van der Waals surface area (Å²) in [4.78, 5) is 42.5. The Labute approximate surface area is 147 Å². The fraction of sp³-hybridized carbons (Fsp3) is 0.222. The summed E-state index contributed by atoms with van der Waals surface area (Å²) in [5, 5.41) is 0.429. The minimum Gasteiger partial charge on any atom is -0.456 e. The second kappa shape index (κ2) is 6.98. The predicted octanol–water partition coefficient (Wildman–Crippen LogP) is 2.50. The first kappa shape index (κ1) is 17.0. The number of nitrogens with zero attached hydrogens (tertiary/aromatic N) is 2. The molecular weight excluding hydrogens is 340 g/mol. The van der Waals surface area contributed by atoms with E-state index in [2.05, 4.69) is 4.98 Å². The van der Waals surface area contributed by atoms with E-state index >= 15 is 0 Å². The van der Waals surface area contributed by atoms with E-state index in [0.717, 1.165) is 9.75 Å². The van der Waals surface area contributed by atoms with E-state index in [9.17, 15) is 14.4 Å². The Morgan fingerprint density at radius 3 is 2.72 bits per heavy atom. The van der Waals surface area contributed by atoms with Gasteiger partial charge in [0, 0.05) is 15.3 Å². The molecule has 0 fully saturated rings. The van der Waals surface area contributed by atoms with Crippen LogP contribution in [0.1, 0.15) is 20.1 Å². The lowest BCUT2D eigenvalue weighted by Gasteiger charge is -2.07. The SMILES string of the molecule is Cc1cc(C(=O)COC(=O)Cn2cnc3ccccc3c2=O)c(C)s1. The van der Waals surface area contributed by atoms with E-state index < -0.39 is 5.97 Å². The third-order valence-electron chi connectivity index (χ3n) is 3.74. The summed E-state index contributed by atoms with van der Waals surface area (Å²) in [5.74, 6) is -0.906. The van der Waals surface area contributed by atoms with Gasteiger partial charge in [0.2, 0.25) is 5.78 Å². The molecule has 0 amide bonds. The number of carbonyl (C=O) groups excluding carboxylic acids is 2. The van der Waals surface area contributed by atoms with Crippen LogP contribution in [-0.2, 0) is 16.1 Å². The number of aromatic nitrogens is 2. The van der Waals surface area contributed by atoms with Crippen molar-refractivity contribution in [2.75, 3.05) is 6.61 Å². The van der Waals surface area contributed by atoms with Gasteiger partial charge < -0.3 is 4.74 Å². The van der Waals surface area contributed by atoms with Crippen molar-refractivity contribution >= 4 is 34.0 Å². The summed E-state index contributed by atoms with van der Waals surface area (Å²) in [6, 6.07) is 8.68. The zero-order chi connectivity index (χ0) is 18.0. The normalized spacial score (nSPS) is 10.8. The molecule has 3 aromatic rings. The topological polar surface area (TPSA) is 78.3 Å². The molecular formula is C18H16N2O4S. The van der Waals surface area contributed by atoms with Gasteiger partial charge in [-0.1, -0.05) is 12.1 Å². The molecule has 2 heterocycles. The van der Waals surface area contributed by atoms with E-state index in [1.165, 1.54) is 22.2 Å². The Kier molecular flexibility index (Phi) is 4.76. The number of carbonyl (C=O) groups is 2. The predicted molar refractivity (Wildman–Crippen MR) is 95.1 cm³/mol. The number of hydrogen-bond acceptors (Lipinski definition) is 6. The van der Waals surface area contributed by atoms with Crippen LogP contribution < -0.4 is 5.56 Å². The molecule has 0 atom stereocenters. The lowest BCUT2D eigenvalue weighted by atomic mass is 10.2. The molecule has 0 bridgehead atoms. The molecule has 0 unspecified atom stereocenters. The van der Waals surface area contributed by atoms with Crippen LogP contribution >= 0.6 is 11.3 Å². The first-order valence-electron chi connectivity index (χ1n) is 7.66. The van der Waals surface area contributed by atoms with Gasteiger partial charge in [0.15, 0.2) is 6.61 Å². The second-order valence-corrected chi connectivity index (χ2v) is 7.07. The first-order chi connectivity index (χ1) is 12.0. The van der Waals surface area contributed by atoms with Crippen molar-refractivity contribution in [2.24, 2.45) is 0 Å². The Morgan fingerprint density at radius 2 is 2.00 bits per heavy atom. The van der Waals surface area contributed by atoms with E-state index in [1.807, 2.05) is 13.8 Å². The molecule has 25 heavy (non-hydrogen) atoms. The molecule has 0 N–H and O–H groups in total. The van der Waals surface area contributed by atoms with E-state index in [1.54, 1.807) is 30.3 Å². The number of rotatable bonds is 5. The zero-order valence-electron chi connectivity index (χ0n) is 13.8. The summed E-state index contributed by atoms with van der Waals surface area (Å²) < 4.78 is 6.20. The third-order valence-corrected chi connectivity index (χ3v) is 4.70. The highest BCUT2D eigenvalue weighted by molar-refractivity contribution is 7.12. The van der Waals surface area contributed by atoms with Crippen LogP contribution in [0.15, 0.2) is 41.5 Å². The Morgan fingerprint density at radius 1 is 1.24 bits per heavy atom. The fourth-order valence-electron chi connectivity index (χ4n) is 2.53. The third kappa shape index (κ3) is 3.66. The number of hydrogen-bond donors (Lipinski definition) is 0. The number of aryl methyl sites for hydroxylation is 2. The lowest BCUT2D eigenvalue weighted by Crippen LogP contribution is -2.26. The van der Waals surface area contributed by atoms with Crippen molar-refractivity contribution < 1.29 is 14.3 Å². The molecule has 3 rings (SSSR count). The molecule has 1 aromatic carbocycles. The van der Waals surface area contributed by atoms with Crippen molar-refractivity contribution in [3.8, 4) is 0 Å². The summed E-state index contributed by atoms with van der Waals surface area (Å²) in [6.45, 7) is 3.14. The average Bonchev–Trinajstić information content (AvgIpc) is 2.94. The number of ketones is 1. The van der Waals surface area contributed by atoms with Crippen molar-refractivity contribution in [1.82, 2.24) is 9.55 Å². The first-order valence-corrected chi connectivity index (χ1v) is 8.47. The molecule has 2 aromatic heterocycles. The Bertz CT molecular complexity index is 1020. The Balaban J connectivity index is 1.67. The van der Waals surface area contributed by atoms with Crippen LogP contribution in [-0.4, -0.2) is 27.9 Å². The summed E-state index contributed by atoms with van der Waals surface area (Å²) in [6.07, 6.45) is 1.31. The van der Waals surface area contributed by atoms with Gasteiger partial charge in [-0.2, -0.15) is 0 Å². The highest BCUT2D eigenvalue weighted by Gasteiger charge is 2.15. The number of thiophene rings is 1. The maximum absolute atomic E-state index is 12.3. The quantitative estimate of drug-likeness (QED) is 0.518. The standard InChI is InChI=1S/C18H16N2O4S/c1-11-7-14(12(2)25-11)16(21)9-24-17(22)8-20-10-19-15-6-4-3-5-13(15)18(20)23/h3-7,10H,8-9H2,1-2H3. The monoisotopic (exact) mass is 356 g/mol. The Hall–Kier alpha value is -2.80. The average molecular weight is 356 g/mol. The van der Waals surface area contributed by atoms with Crippen molar-refractivity contribution in [3.05, 3.63) is 62.3 Å². The van der Waals surface area contributed by atoms with Crippen LogP contribution in [0.3, 0.4) is 0 Å². The smallest absolute Gasteiger partial charge is 0.326 e. The fourth-order valence-corrected chi connectivity index (χ4v) is 3.48. The van der Waals surface area contributed by atoms with Gasteiger partial charge in [-0.3, -0.25) is 19.0 Å². The molecule has 0 spiro atoms. The number of Topliss-reactive ketones (excluding diaryl/α,β-unsaturated/α-hetero) is 1. The number of benzene rings is 1. The van der Waals surface area contributed by atoms with Crippen molar-refractivity contribution in [1.29, 1.82) is 0 Å². The van der Waals surface area contributed by atoms with Gasteiger partial charge in [0.05, 0.1) is 17.2 Å². The van der Waals surface area contributed by atoms with E-state index in [-0.39, 0.29) is 24.5 Å². The van der Waals surface area contributed by atoms with Crippen LogP contribution in [0, 0.1) is 13.8 Å². The van der Waals surface area contributed by atoms with Gasteiger partial charge in [-0.15, -0.1) is 11.3 Å². The summed E-state index contributed by atoms with van der Waals surface area (Å²) in [5.41, 5.74) is 0.814. The molecule has 0 radical (unpaired) electrons. The lowest BCUT2D eigenvalue weighted by molar-refractivity contribution is -0.143. The minimum atomic E-state index is -0.655. The summed E-state index contributed by atoms with van der Waals surface area (Å²) in [7, 11) is 0. The van der Waals surface area contributed by atoms with E-state index in [0.29, 0.717) is 16.5 Å². The van der Waals surface area contributed by atoms with E-state index in [4.69, 9.17) is 4.74 Å². The second-order valence-electron chi connectivity index (χ2n) is 5.61. The highest BCUT2D eigenvalue weighted by Crippen LogP contribution is 2.21. The van der Waals surface area contributed by atoms with Gasteiger partial charge in [-0.05, 0) is 32.0 Å². The maximum Gasteiger partial charge on any atom is 0.326 e. The molecule has 0 aliphatic carbocycles. The zero-order valence-corrected chi connectivity index (χ0v) is 14.6. The molecule has 128 valence electrons. The van der Waals surface area contributed by atoms with Crippen molar-refractivity contribution in [2.45, 2.75) is 20.4 Å². The number of esters is 1. The molecule has 7 heteroatoms. The largest absolute Gasteiger partial charge is 0.456 e. The van der Waals surface area contributed by atoms with Crippen LogP contribution in [0.4, 0.5) is 0 Å². The molecule has 6 nitrogen and oxygen atoms in total. The number of para-hydroxylation sites is 1. The van der Waals surface area contributed by atoms with Gasteiger partial charge in [0.25, 0.3) is 5.56 Å². The van der Waals surface area contributed by atoms with Crippen LogP contribution in [0.2, 0.25) is 0 Å². The summed E-state index contributed by atoms with van der Waals surface area (Å²) >= 11 is 1.52.